The van der Waals surface area contributed by atoms with Crippen LogP contribution in [0.15, 0.2) is 42.5 Å². The zero-order valence-corrected chi connectivity index (χ0v) is 24.9. The number of rotatable bonds is 9. The van der Waals surface area contributed by atoms with Crippen molar-refractivity contribution in [3.05, 3.63) is 64.7 Å². The lowest BCUT2D eigenvalue weighted by Crippen LogP contribution is -2.55. The molecule has 3 rings (SSSR count). The second kappa shape index (κ2) is 12.2. The minimum atomic E-state index is -0.863. The zero-order valence-electron chi connectivity index (χ0n) is 24.9. The van der Waals surface area contributed by atoms with Crippen molar-refractivity contribution < 1.29 is 19.1 Å². The van der Waals surface area contributed by atoms with Crippen LogP contribution in [-0.4, -0.2) is 40.5 Å². The molecule has 7 heteroatoms. The summed E-state index contributed by atoms with van der Waals surface area (Å²) in [4.78, 5) is 43.1. The summed E-state index contributed by atoms with van der Waals surface area (Å²) in [5, 5.41) is 5.93. The maximum Gasteiger partial charge on any atom is 0.408 e. The van der Waals surface area contributed by atoms with Crippen LogP contribution >= 0.6 is 0 Å². The summed E-state index contributed by atoms with van der Waals surface area (Å²) in [7, 11) is 0. The number of nitrogens with zero attached hydrogens (tertiary/aromatic N) is 1. The van der Waals surface area contributed by atoms with Crippen LogP contribution in [0, 0.1) is 32.6 Å². The predicted octanol–water partition coefficient (Wildman–Crippen LogP) is 6.47. The molecule has 7 nitrogen and oxygen atoms in total. The number of para-hydroxylation sites is 1. The molecule has 2 aromatic carbocycles. The van der Waals surface area contributed by atoms with E-state index < -0.39 is 23.8 Å². The lowest BCUT2D eigenvalue weighted by molar-refractivity contribution is -0.142. The second-order valence-electron chi connectivity index (χ2n) is 12.2. The Labute approximate surface area is 233 Å². The zero-order chi connectivity index (χ0) is 29.1. The fourth-order valence-electron chi connectivity index (χ4n) is 4.97. The quantitative estimate of drug-likeness (QED) is 0.385. The van der Waals surface area contributed by atoms with Crippen molar-refractivity contribution in [3.8, 4) is 0 Å². The molecule has 0 saturated heterocycles. The van der Waals surface area contributed by atoms with Gasteiger partial charge >= 0.3 is 6.09 Å². The summed E-state index contributed by atoms with van der Waals surface area (Å²) in [6, 6.07) is 11.8. The Kier molecular flexibility index (Phi) is 9.47. The third-order valence-electron chi connectivity index (χ3n) is 7.32. The van der Waals surface area contributed by atoms with Gasteiger partial charge in [-0.3, -0.25) is 9.59 Å². The van der Waals surface area contributed by atoms with Gasteiger partial charge in [0.2, 0.25) is 5.91 Å². The Morgan fingerprint density at radius 3 is 2.15 bits per heavy atom. The first kappa shape index (κ1) is 30.2. The van der Waals surface area contributed by atoms with Gasteiger partial charge in [0.25, 0.3) is 5.91 Å². The second-order valence-corrected chi connectivity index (χ2v) is 12.2. The maximum atomic E-state index is 14.5. The molecule has 212 valence electrons. The van der Waals surface area contributed by atoms with Gasteiger partial charge in [-0.05, 0) is 77.0 Å². The number of alkyl carbamates (subject to hydrolysis) is 1. The normalized spacial score (nSPS) is 18.9. The molecule has 0 spiro atoms. The first-order chi connectivity index (χ1) is 18.2. The fourth-order valence-corrected chi connectivity index (χ4v) is 4.97. The third-order valence-corrected chi connectivity index (χ3v) is 7.32. The first-order valence-electron chi connectivity index (χ1n) is 14.0. The van der Waals surface area contributed by atoms with Crippen molar-refractivity contribution in [1.29, 1.82) is 0 Å². The molecule has 5 unspecified atom stereocenters. The standard InChI is InChI=1S/C32H45N3O4/c1-10-21(4)27(34-31(38)39-32(7,8)9)30(37)35(26-18-23(26)6)28(24-16-19(2)15-20(3)17-24)29(36)33-25-14-12-11-13-22(25)5/h11-17,21,23,26-28H,10,18H2,1-9H3,(H,33,36)(H,34,38). The van der Waals surface area contributed by atoms with Crippen molar-refractivity contribution in [3.63, 3.8) is 0 Å². The Balaban J connectivity index is 2.08. The predicted molar refractivity (Wildman–Crippen MR) is 155 cm³/mol. The number of aryl methyl sites for hydroxylation is 3. The van der Waals surface area contributed by atoms with Crippen LogP contribution in [0.25, 0.3) is 0 Å². The topological polar surface area (TPSA) is 87.7 Å². The molecular weight excluding hydrogens is 490 g/mol. The molecule has 2 N–H and O–H groups in total. The van der Waals surface area contributed by atoms with Crippen molar-refractivity contribution in [2.24, 2.45) is 11.8 Å². The van der Waals surface area contributed by atoms with Gasteiger partial charge in [0.05, 0.1) is 0 Å². The Morgan fingerprint density at radius 2 is 1.64 bits per heavy atom. The van der Waals surface area contributed by atoms with Crippen LogP contribution in [0.1, 0.15) is 82.7 Å². The van der Waals surface area contributed by atoms with Gasteiger partial charge in [-0.15, -0.1) is 0 Å². The molecule has 1 saturated carbocycles. The molecule has 1 aliphatic carbocycles. The van der Waals surface area contributed by atoms with Crippen molar-refractivity contribution in [1.82, 2.24) is 10.2 Å². The molecule has 1 fully saturated rings. The van der Waals surface area contributed by atoms with Crippen LogP contribution in [0.5, 0.6) is 0 Å². The summed E-state index contributed by atoms with van der Waals surface area (Å²) in [6.07, 6.45) is 0.825. The van der Waals surface area contributed by atoms with Gasteiger partial charge in [0.1, 0.15) is 17.7 Å². The number of anilines is 1. The average molecular weight is 536 g/mol. The molecule has 39 heavy (non-hydrogen) atoms. The summed E-state index contributed by atoms with van der Waals surface area (Å²) in [5.74, 6) is -0.468. The number of nitrogens with one attached hydrogen (secondary N) is 2. The van der Waals surface area contributed by atoms with E-state index in [-0.39, 0.29) is 29.7 Å². The van der Waals surface area contributed by atoms with Crippen LogP contribution in [0.2, 0.25) is 0 Å². The van der Waals surface area contributed by atoms with Crippen molar-refractivity contribution in [2.45, 2.75) is 98.9 Å². The van der Waals surface area contributed by atoms with E-state index in [1.165, 1.54) is 0 Å². The average Bonchev–Trinajstić information content (AvgIpc) is 3.55. The van der Waals surface area contributed by atoms with E-state index in [9.17, 15) is 14.4 Å². The minimum Gasteiger partial charge on any atom is -0.444 e. The highest BCUT2D eigenvalue weighted by Crippen LogP contribution is 2.42. The number of hydrogen-bond acceptors (Lipinski definition) is 4. The van der Waals surface area contributed by atoms with Crippen LogP contribution in [-0.2, 0) is 14.3 Å². The summed E-state index contributed by atoms with van der Waals surface area (Å²) in [5.41, 5.74) is 3.73. The highest BCUT2D eigenvalue weighted by molar-refractivity contribution is 5.99. The molecule has 2 aromatic rings. The Morgan fingerprint density at radius 1 is 1.05 bits per heavy atom. The van der Waals surface area contributed by atoms with Crippen molar-refractivity contribution >= 4 is 23.6 Å². The van der Waals surface area contributed by atoms with Gasteiger partial charge in [-0.2, -0.15) is 0 Å². The summed E-state index contributed by atoms with van der Waals surface area (Å²) >= 11 is 0. The van der Waals surface area contributed by atoms with E-state index in [0.717, 1.165) is 28.7 Å². The van der Waals surface area contributed by atoms with Crippen LogP contribution < -0.4 is 10.6 Å². The Hall–Kier alpha value is -3.35. The van der Waals surface area contributed by atoms with Crippen molar-refractivity contribution in [2.75, 3.05) is 5.32 Å². The monoisotopic (exact) mass is 535 g/mol. The molecule has 1 aliphatic rings. The highest BCUT2D eigenvalue weighted by atomic mass is 16.6. The molecule has 0 aromatic heterocycles. The largest absolute Gasteiger partial charge is 0.444 e. The molecule has 5 atom stereocenters. The third kappa shape index (κ3) is 7.84. The smallest absolute Gasteiger partial charge is 0.408 e. The van der Waals surface area contributed by atoms with E-state index in [1.807, 2.05) is 71.0 Å². The molecule has 0 heterocycles. The summed E-state index contributed by atoms with van der Waals surface area (Å²) in [6.45, 7) is 17.3. The van der Waals surface area contributed by atoms with E-state index in [4.69, 9.17) is 4.74 Å². The highest BCUT2D eigenvalue weighted by Gasteiger charge is 2.49. The van der Waals surface area contributed by atoms with E-state index in [1.54, 1.807) is 25.7 Å². The van der Waals surface area contributed by atoms with Crippen LogP contribution in [0.4, 0.5) is 10.5 Å². The number of amides is 3. The lowest BCUT2D eigenvalue weighted by Gasteiger charge is -2.36. The van der Waals surface area contributed by atoms with Gasteiger partial charge in [-0.1, -0.05) is 74.7 Å². The number of ether oxygens (including phenoxy) is 1. The first-order valence-corrected chi connectivity index (χ1v) is 14.0. The SMILES string of the molecule is CCC(C)C(NC(=O)OC(C)(C)C)C(=O)N(C(C(=O)Nc1ccccc1C)c1cc(C)cc(C)c1)C1CC1C. The van der Waals surface area contributed by atoms with E-state index >= 15 is 0 Å². The van der Waals surface area contributed by atoms with Gasteiger partial charge in [0, 0.05) is 11.7 Å². The van der Waals surface area contributed by atoms with E-state index in [2.05, 4.69) is 23.6 Å². The van der Waals surface area contributed by atoms with Gasteiger partial charge in [0.15, 0.2) is 0 Å². The summed E-state index contributed by atoms with van der Waals surface area (Å²) < 4.78 is 5.51. The van der Waals surface area contributed by atoms with E-state index in [0.29, 0.717) is 12.1 Å². The van der Waals surface area contributed by atoms with Gasteiger partial charge in [-0.25, -0.2) is 4.79 Å². The number of carbonyl (C=O) groups excluding carboxylic acids is 3. The fraction of sp³-hybridized carbons (Fsp3) is 0.531. The Bertz CT molecular complexity index is 1180. The number of hydrogen-bond donors (Lipinski definition) is 2. The molecular formula is C32H45N3O4. The molecule has 0 aliphatic heterocycles. The maximum absolute atomic E-state index is 14.5. The van der Waals surface area contributed by atoms with Gasteiger partial charge < -0.3 is 20.3 Å². The molecule has 3 amide bonds. The van der Waals surface area contributed by atoms with Crippen LogP contribution in [0.3, 0.4) is 0 Å². The number of benzene rings is 2. The number of carbonyl (C=O) groups is 3. The molecule has 0 bridgehead atoms. The molecule has 0 radical (unpaired) electrons. The minimum absolute atomic E-state index is 0.113. The lowest BCUT2D eigenvalue weighted by atomic mass is 9.94.